The molecule has 0 heterocycles. The lowest BCUT2D eigenvalue weighted by atomic mass is 10.2. The van der Waals surface area contributed by atoms with Crippen molar-refractivity contribution in [1.82, 2.24) is 21.3 Å². The van der Waals surface area contributed by atoms with Crippen LogP contribution in [-0.4, -0.2) is 55.7 Å². The van der Waals surface area contributed by atoms with Crippen molar-refractivity contribution in [3.8, 4) is 0 Å². The Balaban J connectivity index is 3.75. The van der Waals surface area contributed by atoms with Gasteiger partial charge in [-0.15, -0.1) is 0 Å². The quantitative estimate of drug-likeness (QED) is 0.378. The summed E-state index contributed by atoms with van der Waals surface area (Å²) in [5.41, 5.74) is 0. The van der Waals surface area contributed by atoms with Gasteiger partial charge in [-0.25, -0.2) is 0 Å². The van der Waals surface area contributed by atoms with Crippen molar-refractivity contribution >= 4 is 23.5 Å². The van der Waals surface area contributed by atoms with Gasteiger partial charge in [0.2, 0.25) is 17.7 Å². The Kier molecular flexibility index (Phi) is 10.6. The summed E-state index contributed by atoms with van der Waals surface area (Å²) in [6.45, 7) is 5.35. The average Bonchev–Trinajstić information content (AvgIpc) is 2.53. The van der Waals surface area contributed by atoms with Gasteiger partial charge in [0.1, 0.15) is 0 Å². The Morgan fingerprint density at radius 1 is 0.773 bits per heavy atom. The van der Waals surface area contributed by atoms with Gasteiger partial charge < -0.3 is 21.3 Å². The first kappa shape index (κ1) is 20.0. The molecular formula is C14H26N4O4. The molecule has 8 nitrogen and oxygen atoms in total. The minimum absolute atomic E-state index is 0.0385. The molecule has 0 saturated carbocycles. The van der Waals surface area contributed by atoms with Crippen LogP contribution in [-0.2, 0) is 19.2 Å². The van der Waals surface area contributed by atoms with Gasteiger partial charge in [0, 0.05) is 12.5 Å². The minimum atomic E-state index is -0.464. The monoisotopic (exact) mass is 314 g/mol. The fourth-order valence-electron chi connectivity index (χ4n) is 1.28. The van der Waals surface area contributed by atoms with Crippen LogP contribution in [0.5, 0.6) is 0 Å². The van der Waals surface area contributed by atoms with E-state index in [1.165, 1.54) is 0 Å². The van der Waals surface area contributed by atoms with Gasteiger partial charge in [-0.1, -0.05) is 13.8 Å². The molecule has 0 spiro atoms. The summed E-state index contributed by atoms with van der Waals surface area (Å²) in [6.07, 6.45) is 1.26. The highest BCUT2D eigenvalue weighted by Crippen LogP contribution is 1.85. The number of rotatable bonds is 11. The molecule has 0 aromatic rings. The summed E-state index contributed by atoms with van der Waals surface area (Å²) in [7, 11) is 0. The first-order chi connectivity index (χ1) is 10.4. The normalized spacial score (nSPS) is 11.4. The molecule has 0 aromatic heterocycles. The zero-order chi connectivity index (χ0) is 17.0. The Bertz CT molecular complexity index is 398. The van der Waals surface area contributed by atoms with E-state index in [9.17, 15) is 19.2 Å². The van der Waals surface area contributed by atoms with Crippen LogP contribution < -0.4 is 21.3 Å². The Morgan fingerprint density at radius 2 is 1.23 bits per heavy atom. The van der Waals surface area contributed by atoms with Crippen LogP contribution >= 0.6 is 0 Å². The Hall–Kier alpha value is -1.96. The standard InChI is InChI=1S/C14H26N4O4/c1-4-10(3)15-7-12(20)17-9-14(22)18-8-13(21)16-6-11(19)5-2/h10,15H,4-9H2,1-3H3,(H,16,21)(H,17,20)(H,18,22). The minimum Gasteiger partial charge on any atom is -0.347 e. The van der Waals surface area contributed by atoms with Crippen LogP contribution in [0.15, 0.2) is 0 Å². The van der Waals surface area contributed by atoms with E-state index < -0.39 is 11.8 Å². The first-order valence-electron chi connectivity index (χ1n) is 7.44. The lowest BCUT2D eigenvalue weighted by Gasteiger charge is -2.11. The van der Waals surface area contributed by atoms with Crippen LogP contribution in [0.1, 0.15) is 33.6 Å². The number of hydrogen-bond acceptors (Lipinski definition) is 5. The number of carbonyl (C=O) groups is 4. The summed E-state index contributed by atoms with van der Waals surface area (Å²) < 4.78 is 0. The summed E-state index contributed by atoms with van der Waals surface area (Å²) in [5.74, 6) is -1.28. The van der Waals surface area contributed by atoms with Crippen molar-refractivity contribution in [1.29, 1.82) is 0 Å². The molecule has 8 heteroatoms. The topological polar surface area (TPSA) is 116 Å². The van der Waals surface area contributed by atoms with E-state index in [2.05, 4.69) is 21.3 Å². The number of nitrogens with one attached hydrogen (secondary N) is 4. The smallest absolute Gasteiger partial charge is 0.239 e. The van der Waals surface area contributed by atoms with Gasteiger partial charge >= 0.3 is 0 Å². The Morgan fingerprint density at radius 3 is 1.68 bits per heavy atom. The van der Waals surface area contributed by atoms with Crippen molar-refractivity contribution in [2.75, 3.05) is 26.2 Å². The number of Topliss-reactive ketones (excluding diaryl/α,β-unsaturated/α-hetero) is 1. The molecule has 0 rings (SSSR count). The predicted molar refractivity (Wildman–Crippen MR) is 82.1 cm³/mol. The van der Waals surface area contributed by atoms with Crippen molar-refractivity contribution in [2.24, 2.45) is 0 Å². The van der Waals surface area contributed by atoms with Crippen LogP contribution in [0, 0.1) is 0 Å². The number of amides is 3. The van der Waals surface area contributed by atoms with Crippen LogP contribution in [0.3, 0.4) is 0 Å². The molecule has 4 N–H and O–H groups in total. The molecule has 0 aliphatic heterocycles. The molecule has 126 valence electrons. The molecule has 0 saturated heterocycles. The van der Waals surface area contributed by atoms with Gasteiger partial charge in [-0.3, -0.25) is 19.2 Å². The van der Waals surface area contributed by atoms with Crippen molar-refractivity contribution in [3.63, 3.8) is 0 Å². The van der Waals surface area contributed by atoms with Gasteiger partial charge in [-0.2, -0.15) is 0 Å². The summed E-state index contributed by atoms with van der Waals surface area (Å²) >= 11 is 0. The fraction of sp³-hybridized carbons (Fsp3) is 0.714. The lowest BCUT2D eigenvalue weighted by Crippen LogP contribution is -2.45. The molecule has 0 radical (unpaired) electrons. The first-order valence-corrected chi connectivity index (χ1v) is 7.44. The number of hydrogen-bond donors (Lipinski definition) is 4. The third-order valence-corrected chi connectivity index (χ3v) is 2.99. The Labute approximate surface area is 130 Å². The molecule has 0 aliphatic rings. The zero-order valence-corrected chi connectivity index (χ0v) is 13.5. The maximum atomic E-state index is 11.4. The maximum Gasteiger partial charge on any atom is 0.239 e. The predicted octanol–water partition coefficient (Wildman–Crippen LogP) is -1.30. The highest BCUT2D eigenvalue weighted by atomic mass is 16.2. The van der Waals surface area contributed by atoms with Gasteiger partial charge in [0.05, 0.1) is 26.2 Å². The van der Waals surface area contributed by atoms with E-state index >= 15 is 0 Å². The summed E-state index contributed by atoms with van der Waals surface area (Å²) in [5, 5.41) is 10.2. The molecule has 0 fully saturated rings. The zero-order valence-electron chi connectivity index (χ0n) is 13.5. The van der Waals surface area contributed by atoms with E-state index in [1.807, 2.05) is 13.8 Å². The molecule has 0 bridgehead atoms. The van der Waals surface area contributed by atoms with Crippen LogP contribution in [0.2, 0.25) is 0 Å². The maximum absolute atomic E-state index is 11.4. The molecular weight excluding hydrogens is 288 g/mol. The lowest BCUT2D eigenvalue weighted by molar-refractivity contribution is -0.128. The van der Waals surface area contributed by atoms with E-state index in [0.717, 1.165) is 6.42 Å². The highest BCUT2D eigenvalue weighted by molar-refractivity contribution is 5.90. The van der Waals surface area contributed by atoms with Crippen molar-refractivity contribution in [3.05, 3.63) is 0 Å². The van der Waals surface area contributed by atoms with Gasteiger partial charge in [-0.05, 0) is 13.3 Å². The average molecular weight is 314 g/mol. The van der Waals surface area contributed by atoms with Gasteiger partial charge in [0.15, 0.2) is 5.78 Å². The fourth-order valence-corrected chi connectivity index (χ4v) is 1.28. The second kappa shape index (κ2) is 11.7. The molecule has 0 aromatic carbocycles. The van der Waals surface area contributed by atoms with Crippen LogP contribution in [0.25, 0.3) is 0 Å². The van der Waals surface area contributed by atoms with Crippen molar-refractivity contribution < 1.29 is 19.2 Å². The summed E-state index contributed by atoms with van der Waals surface area (Å²) in [6, 6.07) is 0.231. The van der Waals surface area contributed by atoms with Crippen LogP contribution in [0.4, 0.5) is 0 Å². The second-order valence-electron chi connectivity index (χ2n) is 4.91. The van der Waals surface area contributed by atoms with Crippen molar-refractivity contribution in [2.45, 2.75) is 39.7 Å². The third kappa shape index (κ3) is 10.8. The van der Waals surface area contributed by atoms with E-state index in [-0.39, 0.29) is 43.9 Å². The number of ketones is 1. The van der Waals surface area contributed by atoms with E-state index in [1.54, 1.807) is 6.92 Å². The molecule has 1 unspecified atom stereocenters. The molecule has 3 amide bonds. The largest absolute Gasteiger partial charge is 0.347 e. The van der Waals surface area contributed by atoms with E-state index in [4.69, 9.17) is 0 Å². The van der Waals surface area contributed by atoms with Gasteiger partial charge in [0.25, 0.3) is 0 Å². The second-order valence-corrected chi connectivity index (χ2v) is 4.91. The SMILES string of the molecule is CCC(=O)CNC(=O)CNC(=O)CNC(=O)CNC(C)CC. The number of carbonyl (C=O) groups excluding carboxylic acids is 4. The molecule has 22 heavy (non-hydrogen) atoms. The third-order valence-electron chi connectivity index (χ3n) is 2.99. The highest BCUT2D eigenvalue weighted by Gasteiger charge is 2.09. The summed E-state index contributed by atoms with van der Waals surface area (Å²) in [4.78, 5) is 45.2. The van der Waals surface area contributed by atoms with E-state index in [0.29, 0.717) is 6.42 Å². The molecule has 0 aliphatic carbocycles. The molecule has 1 atom stereocenters.